The third-order valence-corrected chi connectivity index (χ3v) is 5.36. The lowest BCUT2D eigenvalue weighted by Crippen LogP contribution is -2.46. The molecule has 1 aromatic rings. The van der Waals surface area contributed by atoms with Gasteiger partial charge in [-0.15, -0.1) is 12.4 Å². The SMILES string of the molecule is CCS(=O)(=O)c1ccccc1C(=O)N1CCCC(N)C1.Cl. The molecule has 0 aromatic heterocycles. The summed E-state index contributed by atoms with van der Waals surface area (Å²) in [5.74, 6) is -0.260. The van der Waals surface area contributed by atoms with Gasteiger partial charge < -0.3 is 10.6 Å². The number of carbonyl (C=O) groups is 1. The minimum atomic E-state index is -3.40. The van der Waals surface area contributed by atoms with Crippen LogP contribution in [0.1, 0.15) is 30.1 Å². The van der Waals surface area contributed by atoms with E-state index in [1.807, 2.05) is 0 Å². The Bertz CT molecular complexity index is 604. The monoisotopic (exact) mass is 332 g/mol. The average molecular weight is 333 g/mol. The van der Waals surface area contributed by atoms with Gasteiger partial charge >= 0.3 is 0 Å². The number of likely N-dealkylation sites (tertiary alicyclic amines) is 1. The Hall–Kier alpha value is -1.11. The highest BCUT2D eigenvalue weighted by Gasteiger charge is 2.27. The van der Waals surface area contributed by atoms with Crippen LogP contribution >= 0.6 is 12.4 Å². The number of hydrogen-bond donors (Lipinski definition) is 1. The largest absolute Gasteiger partial charge is 0.337 e. The number of carbonyl (C=O) groups excluding carboxylic acids is 1. The standard InChI is InChI=1S/C14H20N2O3S.ClH/c1-2-20(18,19)13-8-4-3-7-12(13)14(17)16-9-5-6-11(15)10-16;/h3-4,7-8,11H,2,5-6,9-10,15H2,1H3;1H. The van der Waals surface area contributed by atoms with Gasteiger partial charge in [0.1, 0.15) is 0 Å². The van der Waals surface area contributed by atoms with Crippen LogP contribution in [0.4, 0.5) is 0 Å². The van der Waals surface area contributed by atoms with Crippen molar-refractivity contribution in [2.24, 2.45) is 5.73 Å². The molecule has 0 aliphatic carbocycles. The van der Waals surface area contributed by atoms with Gasteiger partial charge in [-0.3, -0.25) is 4.79 Å². The van der Waals surface area contributed by atoms with Crippen LogP contribution in [0.3, 0.4) is 0 Å². The molecule has 0 radical (unpaired) electrons. The molecule has 7 heteroatoms. The van der Waals surface area contributed by atoms with Gasteiger partial charge in [-0.2, -0.15) is 0 Å². The zero-order chi connectivity index (χ0) is 14.8. The molecule has 1 aliphatic heterocycles. The van der Waals surface area contributed by atoms with Gasteiger partial charge in [0.2, 0.25) is 0 Å². The van der Waals surface area contributed by atoms with Crippen molar-refractivity contribution in [3.63, 3.8) is 0 Å². The fraction of sp³-hybridized carbons (Fsp3) is 0.500. The molecule has 0 saturated carbocycles. The maximum atomic E-state index is 12.5. The third kappa shape index (κ3) is 3.96. The highest BCUT2D eigenvalue weighted by Crippen LogP contribution is 2.20. The van der Waals surface area contributed by atoms with E-state index in [-0.39, 0.29) is 40.6 Å². The average Bonchev–Trinajstić information content (AvgIpc) is 2.46. The van der Waals surface area contributed by atoms with E-state index in [1.54, 1.807) is 30.0 Å². The second-order valence-corrected chi connectivity index (χ2v) is 7.30. The van der Waals surface area contributed by atoms with Crippen LogP contribution in [0, 0.1) is 0 Å². The Morgan fingerprint density at radius 2 is 2.05 bits per heavy atom. The van der Waals surface area contributed by atoms with E-state index < -0.39 is 9.84 Å². The predicted molar refractivity (Wildman–Crippen MR) is 84.5 cm³/mol. The normalized spacial score (nSPS) is 19.0. The molecule has 2 rings (SSSR count). The van der Waals surface area contributed by atoms with E-state index in [2.05, 4.69) is 0 Å². The van der Waals surface area contributed by atoms with Crippen molar-refractivity contribution in [1.82, 2.24) is 4.90 Å². The number of nitrogens with two attached hydrogens (primary N) is 1. The smallest absolute Gasteiger partial charge is 0.255 e. The van der Waals surface area contributed by atoms with Gasteiger partial charge in [-0.25, -0.2) is 8.42 Å². The van der Waals surface area contributed by atoms with Crippen LogP contribution < -0.4 is 5.73 Å². The topological polar surface area (TPSA) is 80.5 Å². The molecule has 1 heterocycles. The lowest BCUT2D eigenvalue weighted by Gasteiger charge is -2.31. The van der Waals surface area contributed by atoms with Crippen LogP contribution in [0.25, 0.3) is 0 Å². The first-order chi connectivity index (χ1) is 9.45. The molecule has 21 heavy (non-hydrogen) atoms. The Kier molecular flexibility index (Phi) is 6.19. The summed E-state index contributed by atoms with van der Waals surface area (Å²) >= 11 is 0. The van der Waals surface area contributed by atoms with E-state index in [0.717, 1.165) is 12.8 Å². The fourth-order valence-corrected chi connectivity index (χ4v) is 3.52. The number of benzene rings is 1. The Morgan fingerprint density at radius 3 is 2.67 bits per heavy atom. The summed E-state index contributed by atoms with van der Waals surface area (Å²) in [7, 11) is -3.40. The lowest BCUT2D eigenvalue weighted by molar-refractivity contribution is 0.0705. The van der Waals surface area contributed by atoms with Gasteiger partial charge in [0.25, 0.3) is 5.91 Å². The molecular formula is C14H21ClN2O3S. The summed E-state index contributed by atoms with van der Waals surface area (Å²) in [4.78, 5) is 14.3. The third-order valence-electron chi connectivity index (χ3n) is 3.58. The molecule has 1 aromatic carbocycles. The van der Waals surface area contributed by atoms with Crippen LogP contribution in [0.15, 0.2) is 29.2 Å². The number of sulfone groups is 1. The van der Waals surface area contributed by atoms with Gasteiger partial charge in [0.15, 0.2) is 9.84 Å². The summed E-state index contributed by atoms with van der Waals surface area (Å²) < 4.78 is 24.2. The van der Waals surface area contributed by atoms with Crippen molar-refractivity contribution >= 4 is 28.2 Å². The van der Waals surface area contributed by atoms with Crippen LogP contribution in [0.2, 0.25) is 0 Å². The molecule has 5 nitrogen and oxygen atoms in total. The first-order valence-electron chi connectivity index (χ1n) is 6.82. The maximum absolute atomic E-state index is 12.5. The Labute approximate surface area is 131 Å². The van der Waals surface area contributed by atoms with E-state index in [1.165, 1.54) is 6.07 Å². The summed E-state index contributed by atoms with van der Waals surface area (Å²) in [6.07, 6.45) is 1.76. The number of amides is 1. The Morgan fingerprint density at radius 1 is 1.38 bits per heavy atom. The molecule has 1 unspecified atom stereocenters. The van der Waals surface area contributed by atoms with Gasteiger partial charge in [-0.1, -0.05) is 19.1 Å². The molecule has 1 fully saturated rings. The number of hydrogen-bond acceptors (Lipinski definition) is 4. The minimum Gasteiger partial charge on any atom is -0.337 e. The highest BCUT2D eigenvalue weighted by atomic mass is 35.5. The van der Waals surface area contributed by atoms with E-state index >= 15 is 0 Å². The highest BCUT2D eigenvalue weighted by molar-refractivity contribution is 7.91. The van der Waals surface area contributed by atoms with Crippen LogP contribution in [-0.4, -0.2) is 44.1 Å². The number of piperidine rings is 1. The molecule has 1 amide bonds. The molecule has 118 valence electrons. The molecule has 0 bridgehead atoms. The van der Waals surface area contributed by atoms with Crippen molar-refractivity contribution in [2.45, 2.75) is 30.7 Å². The van der Waals surface area contributed by atoms with E-state index in [4.69, 9.17) is 5.73 Å². The summed E-state index contributed by atoms with van der Waals surface area (Å²) in [5, 5.41) is 0. The maximum Gasteiger partial charge on any atom is 0.255 e. The van der Waals surface area contributed by atoms with Crippen LogP contribution in [0.5, 0.6) is 0 Å². The van der Waals surface area contributed by atoms with Gasteiger partial charge in [0, 0.05) is 19.1 Å². The molecule has 2 N–H and O–H groups in total. The zero-order valence-electron chi connectivity index (χ0n) is 12.0. The summed E-state index contributed by atoms with van der Waals surface area (Å²) in [5.41, 5.74) is 6.13. The number of nitrogens with zero attached hydrogens (tertiary/aromatic N) is 1. The van der Waals surface area contributed by atoms with Crippen LogP contribution in [-0.2, 0) is 9.84 Å². The van der Waals surface area contributed by atoms with Crippen molar-refractivity contribution in [2.75, 3.05) is 18.8 Å². The van der Waals surface area contributed by atoms with Crippen molar-refractivity contribution in [1.29, 1.82) is 0 Å². The second kappa shape index (κ2) is 7.24. The lowest BCUT2D eigenvalue weighted by atomic mass is 10.1. The number of halogens is 1. The second-order valence-electron chi connectivity index (χ2n) is 5.05. The van der Waals surface area contributed by atoms with Crippen molar-refractivity contribution in [3.05, 3.63) is 29.8 Å². The summed E-state index contributed by atoms with van der Waals surface area (Å²) in [6, 6.07) is 6.37. The molecule has 1 atom stereocenters. The number of rotatable bonds is 3. The van der Waals surface area contributed by atoms with Gasteiger partial charge in [-0.05, 0) is 25.0 Å². The van der Waals surface area contributed by atoms with Crippen molar-refractivity contribution < 1.29 is 13.2 Å². The first kappa shape index (κ1) is 17.9. The molecular weight excluding hydrogens is 312 g/mol. The zero-order valence-corrected chi connectivity index (χ0v) is 13.6. The van der Waals surface area contributed by atoms with E-state index in [0.29, 0.717) is 13.1 Å². The quantitative estimate of drug-likeness (QED) is 0.908. The van der Waals surface area contributed by atoms with Gasteiger partial charge in [0.05, 0.1) is 16.2 Å². The minimum absolute atomic E-state index is 0. The Balaban J connectivity index is 0.00000220. The van der Waals surface area contributed by atoms with E-state index in [9.17, 15) is 13.2 Å². The fourth-order valence-electron chi connectivity index (χ4n) is 2.43. The van der Waals surface area contributed by atoms with Crippen molar-refractivity contribution in [3.8, 4) is 0 Å². The molecule has 1 aliphatic rings. The first-order valence-corrected chi connectivity index (χ1v) is 8.47. The molecule has 1 saturated heterocycles. The predicted octanol–water partition coefficient (Wildman–Crippen LogP) is 1.47. The molecule has 0 spiro atoms. The summed E-state index contributed by atoms with van der Waals surface area (Å²) in [6.45, 7) is 2.69.